The van der Waals surface area contributed by atoms with Gasteiger partial charge in [0.25, 0.3) is 5.56 Å². The number of anilines is 1. The van der Waals surface area contributed by atoms with Crippen LogP contribution in [0.25, 0.3) is 10.9 Å². The fraction of sp³-hybridized carbons (Fsp3) is 0.476. The molecule has 2 N–H and O–H groups in total. The zero-order chi connectivity index (χ0) is 18.9. The van der Waals surface area contributed by atoms with Gasteiger partial charge in [-0.25, -0.2) is 0 Å². The largest absolute Gasteiger partial charge is 0.492 e. The van der Waals surface area contributed by atoms with E-state index in [2.05, 4.69) is 13.5 Å². The molecule has 0 aliphatic rings. The van der Waals surface area contributed by atoms with E-state index in [1.165, 1.54) is 25.7 Å². The van der Waals surface area contributed by atoms with Crippen molar-refractivity contribution >= 4 is 16.6 Å². The van der Waals surface area contributed by atoms with Gasteiger partial charge in [0.1, 0.15) is 6.61 Å². The van der Waals surface area contributed by atoms with E-state index in [-0.39, 0.29) is 17.9 Å². The number of hydrogen-bond donors (Lipinski definition) is 1. The van der Waals surface area contributed by atoms with E-state index in [1.54, 1.807) is 17.8 Å². The molecule has 0 fully saturated rings. The second kappa shape index (κ2) is 9.90. The highest BCUT2D eigenvalue weighted by Crippen LogP contribution is 2.33. The minimum absolute atomic E-state index is 0.185. The molecule has 0 aliphatic carbocycles. The minimum Gasteiger partial charge on any atom is -0.492 e. The Balaban J connectivity index is 2.39. The van der Waals surface area contributed by atoms with Gasteiger partial charge in [-0.1, -0.05) is 51.7 Å². The molecule has 0 saturated carbocycles. The number of unbranched alkanes of at least 4 members (excludes halogenated alkanes) is 5. The first-order chi connectivity index (χ1) is 12.6. The Hall–Kier alpha value is -2.43. The Morgan fingerprint density at radius 2 is 1.88 bits per heavy atom. The van der Waals surface area contributed by atoms with Crippen molar-refractivity contribution in [2.75, 3.05) is 19.5 Å². The van der Waals surface area contributed by atoms with E-state index in [0.717, 1.165) is 23.7 Å². The third-order valence-electron chi connectivity index (χ3n) is 4.49. The molecule has 1 aromatic heterocycles. The molecule has 142 valence electrons. The molecule has 2 rings (SSSR count). The van der Waals surface area contributed by atoms with Crippen LogP contribution >= 0.6 is 0 Å². The number of aryl methyl sites for hydroxylation is 1. The Kier molecular flexibility index (Phi) is 7.57. The number of fused-ring (bicyclic) bond motifs is 1. The van der Waals surface area contributed by atoms with Gasteiger partial charge in [-0.3, -0.25) is 4.79 Å². The first-order valence-electron chi connectivity index (χ1n) is 9.37. The molecule has 0 saturated heterocycles. The number of pyridine rings is 1. The lowest BCUT2D eigenvalue weighted by molar-refractivity contribution is 0.321. The summed E-state index contributed by atoms with van der Waals surface area (Å²) >= 11 is 0. The van der Waals surface area contributed by atoms with Crippen LogP contribution in [0.4, 0.5) is 5.69 Å². The highest BCUT2D eigenvalue weighted by atomic mass is 16.5. The van der Waals surface area contributed by atoms with Gasteiger partial charge in [-0.05, 0) is 24.6 Å². The van der Waals surface area contributed by atoms with E-state index in [1.807, 2.05) is 18.2 Å². The summed E-state index contributed by atoms with van der Waals surface area (Å²) in [6.07, 6.45) is 8.59. The zero-order valence-corrected chi connectivity index (χ0v) is 15.9. The topological polar surface area (TPSA) is 66.5 Å². The summed E-state index contributed by atoms with van der Waals surface area (Å²) < 4.78 is 12.9. The number of rotatable bonds is 11. The van der Waals surface area contributed by atoms with Gasteiger partial charge in [-0.2, -0.15) is 0 Å². The number of nitrogens with two attached hydrogens (primary N) is 1. The molecule has 2 aromatic rings. The monoisotopic (exact) mass is 358 g/mol. The van der Waals surface area contributed by atoms with E-state index in [0.29, 0.717) is 18.0 Å². The number of ether oxygens (including phenoxy) is 2. The predicted octanol–water partition coefficient (Wildman–Crippen LogP) is 4.52. The molecule has 0 unspecified atom stereocenters. The Morgan fingerprint density at radius 3 is 2.58 bits per heavy atom. The Bertz CT molecular complexity index is 796. The van der Waals surface area contributed by atoms with E-state index in [4.69, 9.17) is 15.2 Å². The summed E-state index contributed by atoms with van der Waals surface area (Å²) in [5, 5.41) is 0.825. The number of nitrogens with zero attached hydrogens (tertiary/aromatic N) is 1. The lowest BCUT2D eigenvalue weighted by Gasteiger charge is -2.17. The first-order valence-corrected chi connectivity index (χ1v) is 9.37. The molecule has 0 aliphatic heterocycles. The van der Waals surface area contributed by atoms with Crippen LogP contribution in [-0.4, -0.2) is 18.3 Å². The molecule has 0 bridgehead atoms. The third kappa shape index (κ3) is 4.59. The molecule has 0 spiro atoms. The second-order valence-electron chi connectivity index (χ2n) is 6.46. The maximum absolute atomic E-state index is 13.0. The van der Waals surface area contributed by atoms with Crippen LogP contribution in [0.5, 0.6) is 11.5 Å². The number of benzene rings is 1. The van der Waals surface area contributed by atoms with Crippen LogP contribution in [0, 0.1) is 0 Å². The number of methoxy groups -OCH3 is 1. The number of nitrogen functional groups attached to an aromatic ring is 1. The molecular weight excluding hydrogens is 328 g/mol. The van der Waals surface area contributed by atoms with Crippen LogP contribution < -0.4 is 20.8 Å². The molecular formula is C21H30N2O3. The molecule has 5 heteroatoms. The average molecular weight is 358 g/mol. The van der Waals surface area contributed by atoms with Gasteiger partial charge in [-0.15, -0.1) is 0 Å². The van der Waals surface area contributed by atoms with Gasteiger partial charge < -0.3 is 19.8 Å². The number of hydrogen-bond acceptors (Lipinski definition) is 4. The van der Waals surface area contributed by atoms with Crippen molar-refractivity contribution in [3.05, 3.63) is 41.2 Å². The maximum atomic E-state index is 13.0. The predicted molar refractivity (Wildman–Crippen MR) is 108 cm³/mol. The van der Waals surface area contributed by atoms with E-state index in [9.17, 15) is 4.79 Å². The van der Waals surface area contributed by atoms with Gasteiger partial charge in [0.05, 0.1) is 12.6 Å². The van der Waals surface area contributed by atoms with Gasteiger partial charge in [0.2, 0.25) is 5.75 Å². The summed E-state index contributed by atoms with van der Waals surface area (Å²) in [7, 11) is 1.55. The zero-order valence-electron chi connectivity index (χ0n) is 15.9. The normalized spacial score (nSPS) is 10.8. The average Bonchev–Trinajstić information content (AvgIpc) is 2.64. The van der Waals surface area contributed by atoms with Crippen molar-refractivity contribution in [2.24, 2.45) is 0 Å². The third-order valence-corrected chi connectivity index (χ3v) is 4.49. The second-order valence-corrected chi connectivity index (χ2v) is 6.46. The molecule has 0 radical (unpaired) electrons. The number of aromatic nitrogens is 1. The van der Waals surface area contributed by atoms with Crippen molar-refractivity contribution in [1.29, 1.82) is 0 Å². The summed E-state index contributed by atoms with van der Waals surface area (Å²) in [4.78, 5) is 13.0. The Labute approximate surface area is 155 Å². The van der Waals surface area contributed by atoms with Crippen LogP contribution in [0.1, 0.15) is 45.4 Å². The standard InChI is InChI=1S/C21H30N2O3/c1-4-6-7-8-9-10-13-23-18-15-16(22)11-12-17(18)19(25-3)20(21(23)24)26-14-5-2/h5,11-12,15H,2,4,6-10,13-14,22H2,1,3H3. The van der Waals surface area contributed by atoms with Crippen molar-refractivity contribution < 1.29 is 9.47 Å². The van der Waals surface area contributed by atoms with Gasteiger partial charge >= 0.3 is 0 Å². The highest BCUT2D eigenvalue weighted by molar-refractivity contribution is 5.90. The first kappa shape index (κ1) is 19.9. The quantitative estimate of drug-likeness (QED) is 0.364. The van der Waals surface area contributed by atoms with E-state index >= 15 is 0 Å². The molecule has 1 heterocycles. The lowest BCUT2D eigenvalue weighted by Crippen LogP contribution is -2.24. The van der Waals surface area contributed by atoms with Crippen LogP contribution in [0.2, 0.25) is 0 Å². The van der Waals surface area contributed by atoms with Crippen molar-refractivity contribution in [3.63, 3.8) is 0 Å². The van der Waals surface area contributed by atoms with Crippen LogP contribution in [0.15, 0.2) is 35.6 Å². The Morgan fingerprint density at radius 1 is 1.15 bits per heavy atom. The molecule has 0 amide bonds. The summed E-state index contributed by atoms with van der Waals surface area (Å²) in [6, 6.07) is 5.51. The smallest absolute Gasteiger partial charge is 0.297 e. The SMILES string of the molecule is C=CCOc1c(OC)c2ccc(N)cc2n(CCCCCCCC)c1=O. The van der Waals surface area contributed by atoms with Gasteiger partial charge in [0, 0.05) is 17.6 Å². The lowest BCUT2D eigenvalue weighted by atomic mass is 10.1. The molecule has 0 atom stereocenters. The van der Waals surface area contributed by atoms with Crippen LogP contribution in [-0.2, 0) is 6.54 Å². The molecule has 26 heavy (non-hydrogen) atoms. The van der Waals surface area contributed by atoms with Crippen molar-refractivity contribution in [1.82, 2.24) is 4.57 Å². The maximum Gasteiger partial charge on any atom is 0.297 e. The minimum atomic E-state index is -0.185. The summed E-state index contributed by atoms with van der Waals surface area (Å²) in [5.41, 5.74) is 7.18. The summed E-state index contributed by atoms with van der Waals surface area (Å²) in [5.74, 6) is 0.682. The highest BCUT2D eigenvalue weighted by Gasteiger charge is 2.18. The van der Waals surface area contributed by atoms with Crippen molar-refractivity contribution in [2.45, 2.75) is 52.0 Å². The fourth-order valence-corrected chi connectivity index (χ4v) is 3.16. The van der Waals surface area contributed by atoms with Crippen molar-refractivity contribution in [3.8, 4) is 11.5 Å². The van der Waals surface area contributed by atoms with Gasteiger partial charge in [0.15, 0.2) is 5.75 Å². The van der Waals surface area contributed by atoms with E-state index < -0.39 is 0 Å². The van der Waals surface area contributed by atoms with Crippen LogP contribution in [0.3, 0.4) is 0 Å². The molecule has 5 nitrogen and oxygen atoms in total. The molecule has 1 aromatic carbocycles. The summed E-state index contributed by atoms with van der Waals surface area (Å²) in [6.45, 7) is 6.75. The fourth-order valence-electron chi connectivity index (χ4n) is 3.16.